The van der Waals surface area contributed by atoms with Gasteiger partial charge < -0.3 is 14.0 Å². The average Bonchev–Trinajstić information content (AvgIpc) is 3.22. The molecular weight excluding hydrogens is 444 g/mol. The van der Waals surface area contributed by atoms with Crippen LogP contribution in [0.3, 0.4) is 0 Å². The molecule has 0 spiro atoms. The molecule has 5 aromatic rings. The predicted octanol–water partition coefficient (Wildman–Crippen LogP) is 6.43. The smallest absolute Gasteiger partial charge is 0.279 e. The molecule has 0 saturated carbocycles. The van der Waals surface area contributed by atoms with Crippen LogP contribution in [0.5, 0.6) is 11.5 Å². The number of carbonyl (C=O) groups excluding carboxylic acids is 1. The maximum Gasteiger partial charge on any atom is 0.279 e. The summed E-state index contributed by atoms with van der Waals surface area (Å²) in [7, 11) is 0. The molecule has 0 N–H and O–H groups in total. The molecule has 0 atom stereocenters. The van der Waals surface area contributed by atoms with Crippen molar-refractivity contribution in [3.63, 3.8) is 0 Å². The van der Waals surface area contributed by atoms with Crippen LogP contribution >= 0.6 is 11.3 Å². The second-order valence-corrected chi connectivity index (χ2v) is 8.71. The van der Waals surface area contributed by atoms with Crippen molar-refractivity contribution < 1.29 is 14.3 Å². The SMILES string of the molecule is CCOCCn1c(=NC(=O)c2cccc(Oc3ccccc3)c2)sc2c3ccccc3ccc21. The molecule has 34 heavy (non-hydrogen) atoms. The van der Waals surface area contributed by atoms with E-state index in [0.717, 1.165) is 21.0 Å². The molecule has 1 amide bonds. The van der Waals surface area contributed by atoms with Crippen LogP contribution in [-0.4, -0.2) is 23.7 Å². The Kier molecular flexibility index (Phi) is 6.51. The van der Waals surface area contributed by atoms with Crippen LogP contribution in [0, 0.1) is 0 Å². The molecule has 0 aliphatic carbocycles. The second kappa shape index (κ2) is 10.0. The summed E-state index contributed by atoms with van der Waals surface area (Å²) in [6, 6.07) is 29.1. The Morgan fingerprint density at radius 3 is 2.56 bits per heavy atom. The van der Waals surface area contributed by atoms with E-state index < -0.39 is 0 Å². The Hall–Kier alpha value is -3.74. The standard InChI is InChI=1S/C28H24N2O3S/c1-2-32-18-17-30-25-16-15-20-9-6-7-14-24(20)26(25)34-28(30)29-27(31)21-10-8-13-23(19-21)33-22-11-4-3-5-12-22/h3-16,19H,2,17-18H2,1H3. The highest BCUT2D eigenvalue weighted by Crippen LogP contribution is 2.28. The first-order valence-electron chi connectivity index (χ1n) is 11.2. The Morgan fingerprint density at radius 2 is 1.71 bits per heavy atom. The van der Waals surface area contributed by atoms with Crippen molar-refractivity contribution in [3.05, 3.63) is 101 Å². The lowest BCUT2D eigenvalue weighted by atomic mass is 10.1. The van der Waals surface area contributed by atoms with Crippen LogP contribution in [0.2, 0.25) is 0 Å². The molecule has 0 radical (unpaired) electrons. The number of carbonyl (C=O) groups is 1. The van der Waals surface area contributed by atoms with Gasteiger partial charge in [0, 0.05) is 24.1 Å². The number of fused-ring (bicyclic) bond motifs is 3. The van der Waals surface area contributed by atoms with Crippen LogP contribution in [0.1, 0.15) is 17.3 Å². The van der Waals surface area contributed by atoms with Crippen molar-refractivity contribution in [1.82, 2.24) is 4.57 Å². The van der Waals surface area contributed by atoms with E-state index in [9.17, 15) is 4.79 Å². The number of nitrogens with zero attached hydrogens (tertiary/aromatic N) is 2. The molecule has 0 fully saturated rings. The van der Waals surface area contributed by atoms with Gasteiger partial charge in [0.2, 0.25) is 0 Å². The molecule has 0 aliphatic rings. The molecule has 5 nitrogen and oxygen atoms in total. The van der Waals surface area contributed by atoms with Gasteiger partial charge in [0.15, 0.2) is 4.80 Å². The van der Waals surface area contributed by atoms with Gasteiger partial charge in [-0.05, 0) is 48.7 Å². The van der Waals surface area contributed by atoms with E-state index in [1.54, 1.807) is 12.1 Å². The highest BCUT2D eigenvalue weighted by atomic mass is 32.1. The molecule has 4 aromatic carbocycles. The minimum absolute atomic E-state index is 0.306. The highest BCUT2D eigenvalue weighted by molar-refractivity contribution is 7.17. The van der Waals surface area contributed by atoms with E-state index in [4.69, 9.17) is 9.47 Å². The largest absolute Gasteiger partial charge is 0.457 e. The summed E-state index contributed by atoms with van der Waals surface area (Å²) >= 11 is 1.53. The van der Waals surface area contributed by atoms with Crippen molar-refractivity contribution >= 4 is 38.2 Å². The first-order chi connectivity index (χ1) is 16.7. The van der Waals surface area contributed by atoms with Crippen LogP contribution in [0.4, 0.5) is 0 Å². The van der Waals surface area contributed by atoms with Crippen molar-refractivity contribution in [3.8, 4) is 11.5 Å². The second-order valence-electron chi connectivity index (χ2n) is 7.73. The fourth-order valence-electron chi connectivity index (χ4n) is 3.87. The zero-order valence-corrected chi connectivity index (χ0v) is 19.6. The van der Waals surface area contributed by atoms with Crippen LogP contribution < -0.4 is 9.54 Å². The van der Waals surface area contributed by atoms with Crippen LogP contribution in [0.25, 0.3) is 21.0 Å². The molecule has 0 bridgehead atoms. The number of benzene rings is 4. The summed E-state index contributed by atoms with van der Waals surface area (Å²) in [6.07, 6.45) is 0. The van der Waals surface area contributed by atoms with Crippen molar-refractivity contribution in [2.75, 3.05) is 13.2 Å². The molecule has 1 aromatic heterocycles. The van der Waals surface area contributed by atoms with Gasteiger partial charge in [0.25, 0.3) is 5.91 Å². The topological polar surface area (TPSA) is 52.8 Å². The lowest BCUT2D eigenvalue weighted by Crippen LogP contribution is -2.19. The molecule has 170 valence electrons. The van der Waals surface area contributed by atoms with Gasteiger partial charge in [0.05, 0.1) is 16.8 Å². The molecule has 5 rings (SSSR count). The van der Waals surface area contributed by atoms with Crippen LogP contribution in [-0.2, 0) is 11.3 Å². The minimum atomic E-state index is -0.306. The number of rotatable bonds is 7. The zero-order valence-electron chi connectivity index (χ0n) is 18.8. The van der Waals surface area contributed by atoms with E-state index in [0.29, 0.717) is 41.6 Å². The van der Waals surface area contributed by atoms with Gasteiger partial charge in [-0.1, -0.05) is 65.9 Å². The van der Waals surface area contributed by atoms with Gasteiger partial charge >= 0.3 is 0 Å². The van der Waals surface area contributed by atoms with Gasteiger partial charge in [0.1, 0.15) is 11.5 Å². The Morgan fingerprint density at radius 1 is 0.912 bits per heavy atom. The van der Waals surface area contributed by atoms with Gasteiger partial charge in [-0.25, -0.2) is 0 Å². The number of amides is 1. The monoisotopic (exact) mass is 468 g/mol. The van der Waals surface area contributed by atoms with E-state index >= 15 is 0 Å². The van der Waals surface area contributed by atoms with Gasteiger partial charge in [-0.2, -0.15) is 4.99 Å². The normalized spacial score (nSPS) is 11.9. The quantitative estimate of drug-likeness (QED) is 0.259. The summed E-state index contributed by atoms with van der Waals surface area (Å²) < 4.78 is 14.7. The molecular formula is C28H24N2O3S. The zero-order chi connectivity index (χ0) is 23.3. The Bertz CT molecular complexity index is 1520. The number of hydrogen-bond donors (Lipinski definition) is 0. The number of para-hydroxylation sites is 1. The maximum absolute atomic E-state index is 13.2. The molecule has 0 saturated heterocycles. The molecule has 0 unspecified atom stereocenters. The lowest BCUT2D eigenvalue weighted by Gasteiger charge is -2.07. The third-order valence-electron chi connectivity index (χ3n) is 5.49. The van der Waals surface area contributed by atoms with Crippen LogP contribution in [0.15, 0.2) is 96.0 Å². The summed E-state index contributed by atoms with van der Waals surface area (Å²) in [4.78, 5) is 18.4. The predicted molar refractivity (Wildman–Crippen MR) is 137 cm³/mol. The number of thiazole rings is 1. The molecule has 0 aliphatic heterocycles. The third-order valence-corrected chi connectivity index (χ3v) is 6.62. The van der Waals surface area contributed by atoms with E-state index in [1.165, 1.54) is 11.3 Å². The van der Waals surface area contributed by atoms with Crippen molar-refractivity contribution in [1.29, 1.82) is 0 Å². The first kappa shape index (κ1) is 22.1. The average molecular weight is 469 g/mol. The van der Waals surface area contributed by atoms with E-state index in [2.05, 4.69) is 33.8 Å². The lowest BCUT2D eigenvalue weighted by molar-refractivity contribution is 0.0996. The molecule has 1 heterocycles. The van der Waals surface area contributed by atoms with Gasteiger partial charge in [-0.15, -0.1) is 0 Å². The first-order valence-corrected chi connectivity index (χ1v) is 12.1. The fourth-order valence-corrected chi connectivity index (χ4v) is 5.06. The summed E-state index contributed by atoms with van der Waals surface area (Å²) in [6.45, 7) is 3.79. The maximum atomic E-state index is 13.2. The minimum Gasteiger partial charge on any atom is -0.457 e. The summed E-state index contributed by atoms with van der Waals surface area (Å²) in [5.41, 5.74) is 1.53. The number of hydrogen-bond acceptors (Lipinski definition) is 4. The van der Waals surface area contributed by atoms with Crippen molar-refractivity contribution in [2.45, 2.75) is 13.5 Å². The van der Waals surface area contributed by atoms with Crippen molar-refractivity contribution in [2.24, 2.45) is 4.99 Å². The Balaban J connectivity index is 1.55. The third kappa shape index (κ3) is 4.64. The van der Waals surface area contributed by atoms with Gasteiger partial charge in [-0.3, -0.25) is 4.79 Å². The Labute approximate surface area is 201 Å². The molecule has 6 heteroatoms. The number of aromatic nitrogens is 1. The fraction of sp³-hybridized carbons (Fsp3) is 0.143. The summed E-state index contributed by atoms with van der Waals surface area (Å²) in [5.74, 6) is 1.01. The van der Waals surface area contributed by atoms with E-state index in [1.807, 2.05) is 61.5 Å². The number of ether oxygens (including phenoxy) is 2. The summed E-state index contributed by atoms with van der Waals surface area (Å²) in [5, 5.41) is 2.32. The highest BCUT2D eigenvalue weighted by Gasteiger charge is 2.12. The van der Waals surface area contributed by atoms with E-state index in [-0.39, 0.29) is 5.91 Å².